The summed E-state index contributed by atoms with van der Waals surface area (Å²) >= 11 is 0. The van der Waals surface area contributed by atoms with Crippen molar-refractivity contribution in [2.24, 2.45) is 0 Å². The van der Waals surface area contributed by atoms with Gasteiger partial charge >= 0.3 is 5.97 Å². The Kier molecular flexibility index (Phi) is 4.77. The molecule has 0 radical (unpaired) electrons. The number of aromatic carboxylic acids is 1. The van der Waals surface area contributed by atoms with Crippen LogP contribution in [0.2, 0.25) is 0 Å². The molecule has 0 spiro atoms. The van der Waals surface area contributed by atoms with Gasteiger partial charge in [0.2, 0.25) is 5.91 Å². The summed E-state index contributed by atoms with van der Waals surface area (Å²) in [6.07, 6.45) is 4.50. The average Bonchev–Trinajstić information content (AvgIpc) is 2.75. The van der Waals surface area contributed by atoms with E-state index in [0.29, 0.717) is 0 Å². The lowest BCUT2D eigenvalue weighted by molar-refractivity contribution is -0.132. The average molecular weight is 275 g/mol. The predicted octanol–water partition coefficient (Wildman–Crippen LogP) is 2.89. The van der Waals surface area contributed by atoms with Gasteiger partial charge in [-0.05, 0) is 37.5 Å². The predicted molar refractivity (Wildman–Crippen MR) is 76.9 cm³/mol. The summed E-state index contributed by atoms with van der Waals surface area (Å²) in [5, 5.41) is 9.02. The first-order chi connectivity index (χ1) is 9.59. The second-order valence-corrected chi connectivity index (χ2v) is 5.39. The number of nitrogens with zero attached hydrogens (tertiary/aromatic N) is 1. The number of carbonyl (C=O) groups excluding carboxylic acids is 1. The number of hydrogen-bond acceptors (Lipinski definition) is 2. The van der Waals surface area contributed by atoms with Gasteiger partial charge < -0.3 is 10.0 Å². The van der Waals surface area contributed by atoms with E-state index in [9.17, 15) is 9.59 Å². The molecule has 2 rings (SSSR count). The highest BCUT2D eigenvalue weighted by Crippen LogP contribution is 2.21. The first-order valence-corrected chi connectivity index (χ1v) is 7.21. The van der Waals surface area contributed by atoms with Crippen molar-refractivity contribution in [1.29, 1.82) is 0 Å². The molecule has 4 nitrogen and oxygen atoms in total. The molecule has 1 N–H and O–H groups in total. The fourth-order valence-corrected chi connectivity index (χ4v) is 2.65. The monoisotopic (exact) mass is 275 g/mol. The van der Waals surface area contributed by atoms with Crippen molar-refractivity contribution >= 4 is 11.9 Å². The Hall–Kier alpha value is -1.84. The highest BCUT2D eigenvalue weighted by atomic mass is 16.4. The van der Waals surface area contributed by atoms with Crippen LogP contribution < -0.4 is 0 Å². The Bertz CT molecular complexity index is 490. The molecule has 1 aromatic rings. The van der Waals surface area contributed by atoms with E-state index in [1.54, 1.807) is 18.2 Å². The Morgan fingerprint density at radius 3 is 2.40 bits per heavy atom. The summed E-state index contributed by atoms with van der Waals surface area (Å²) in [4.78, 5) is 25.4. The Balaban J connectivity index is 2.13. The van der Waals surface area contributed by atoms with Gasteiger partial charge in [0.1, 0.15) is 0 Å². The van der Waals surface area contributed by atoms with Crippen molar-refractivity contribution in [2.75, 3.05) is 13.1 Å². The minimum absolute atomic E-state index is 0.106. The van der Waals surface area contributed by atoms with E-state index in [1.807, 2.05) is 17.9 Å². The van der Waals surface area contributed by atoms with Gasteiger partial charge in [0.25, 0.3) is 0 Å². The van der Waals surface area contributed by atoms with E-state index in [4.69, 9.17) is 5.11 Å². The number of amides is 1. The van der Waals surface area contributed by atoms with Crippen LogP contribution in [0.3, 0.4) is 0 Å². The summed E-state index contributed by atoms with van der Waals surface area (Å²) < 4.78 is 0. The number of hydrogen-bond donors (Lipinski definition) is 1. The van der Waals surface area contributed by atoms with E-state index in [2.05, 4.69) is 0 Å². The molecule has 1 atom stereocenters. The van der Waals surface area contributed by atoms with Crippen LogP contribution in [0.4, 0.5) is 0 Å². The summed E-state index contributed by atoms with van der Waals surface area (Å²) in [6.45, 7) is 3.50. The molecule has 0 saturated carbocycles. The first kappa shape index (κ1) is 14.6. The second kappa shape index (κ2) is 6.55. The molecule has 1 amide bonds. The molecule has 0 bridgehead atoms. The standard InChI is InChI=1S/C16H21NO3/c1-12(13-7-6-8-14(11-13)16(19)20)15(18)17-9-4-2-3-5-10-17/h6-8,11-12H,2-5,9-10H2,1H3,(H,19,20). The molecule has 20 heavy (non-hydrogen) atoms. The molecule has 1 aliphatic rings. The lowest BCUT2D eigenvalue weighted by Gasteiger charge is -2.24. The van der Waals surface area contributed by atoms with Gasteiger partial charge in [-0.1, -0.05) is 25.0 Å². The fraction of sp³-hybridized carbons (Fsp3) is 0.500. The summed E-state index contributed by atoms with van der Waals surface area (Å²) in [5.74, 6) is -1.14. The van der Waals surface area contributed by atoms with E-state index in [0.717, 1.165) is 31.5 Å². The van der Waals surface area contributed by atoms with Gasteiger partial charge in [0, 0.05) is 13.1 Å². The lowest BCUT2D eigenvalue weighted by Crippen LogP contribution is -2.35. The number of benzene rings is 1. The van der Waals surface area contributed by atoms with Crippen molar-refractivity contribution in [3.8, 4) is 0 Å². The lowest BCUT2D eigenvalue weighted by atomic mass is 9.97. The van der Waals surface area contributed by atoms with Crippen molar-refractivity contribution < 1.29 is 14.7 Å². The first-order valence-electron chi connectivity index (χ1n) is 7.21. The van der Waals surface area contributed by atoms with Gasteiger partial charge in [-0.2, -0.15) is 0 Å². The number of carboxylic acids is 1. The number of carboxylic acid groups (broad SMARTS) is 1. The Morgan fingerprint density at radius 1 is 1.15 bits per heavy atom. The van der Waals surface area contributed by atoms with Crippen LogP contribution >= 0.6 is 0 Å². The molecule has 0 aromatic heterocycles. The third-order valence-corrected chi connectivity index (χ3v) is 3.92. The van der Waals surface area contributed by atoms with Gasteiger partial charge in [-0.3, -0.25) is 4.79 Å². The highest BCUT2D eigenvalue weighted by Gasteiger charge is 2.23. The van der Waals surface area contributed by atoms with Crippen LogP contribution in [0.15, 0.2) is 24.3 Å². The van der Waals surface area contributed by atoms with Crippen LogP contribution in [0.25, 0.3) is 0 Å². The Morgan fingerprint density at radius 2 is 1.80 bits per heavy atom. The number of carbonyl (C=O) groups is 2. The zero-order chi connectivity index (χ0) is 14.5. The number of likely N-dealkylation sites (tertiary alicyclic amines) is 1. The van der Waals surface area contributed by atoms with Crippen molar-refractivity contribution in [2.45, 2.75) is 38.5 Å². The molecule has 1 aromatic carbocycles. The normalized spacial score (nSPS) is 17.4. The maximum Gasteiger partial charge on any atom is 0.335 e. The zero-order valence-electron chi connectivity index (χ0n) is 11.8. The van der Waals surface area contributed by atoms with E-state index >= 15 is 0 Å². The molecular weight excluding hydrogens is 254 g/mol. The Labute approximate surface area is 119 Å². The molecule has 1 fully saturated rings. The van der Waals surface area contributed by atoms with Crippen molar-refractivity contribution in [3.63, 3.8) is 0 Å². The smallest absolute Gasteiger partial charge is 0.335 e. The molecule has 0 aliphatic carbocycles. The van der Waals surface area contributed by atoms with Crippen LogP contribution in [0.5, 0.6) is 0 Å². The quantitative estimate of drug-likeness (QED) is 0.922. The second-order valence-electron chi connectivity index (χ2n) is 5.39. The van der Waals surface area contributed by atoms with Crippen molar-refractivity contribution in [1.82, 2.24) is 4.90 Å². The molecule has 4 heteroatoms. The third-order valence-electron chi connectivity index (χ3n) is 3.92. The maximum atomic E-state index is 12.5. The van der Waals surface area contributed by atoms with E-state index in [-0.39, 0.29) is 17.4 Å². The summed E-state index contributed by atoms with van der Waals surface area (Å²) in [5.41, 5.74) is 1.01. The molecule has 1 aliphatic heterocycles. The molecule has 1 saturated heterocycles. The maximum absolute atomic E-state index is 12.5. The van der Waals surface area contributed by atoms with E-state index < -0.39 is 5.97 Å². The van der Waals surface area contributed by atoms with Crippen LogP contribution in [0, 0.1) is 0 Å². The molecule has 1 unspecified atom stereocenters. The summed E-state index contributed by atoms with van der Waals surface area (Å²) in [7, 11) is 0. The minimum atomic E-state index is -0.957. The minimum Gasteiger partial charge on any atom is -0.478 e. The molecular formula is C16H21NO3. The number of rotatable bonds is 3. The van der Waals surface area contributed by atoms with Crippen LogP contribution in [-0.4, -0.2) is 35.0 Å². The van der Waals surface area contributed by atoms with Crippen LogP contribution in [0.1, 0.15) is 54.4 Å². The molecule has 108 valence electrons. The fourth-order valence-electron chi connectivity index (χ4n) is 2.65. The topological polar surface area (TPSA) is 57.6 Å². The highest BCUT2D eigenvalue weighted by molar-refractivity contribution is 5.89. The van der Waals surface area contributed by atoms with Gasteiger partial charge in [-0.15, -0.1) is 0 Å². The van der Waals surface area contributed by atoms with Gasteiger partial charge in [0.05, 0.1) is 11.5 Å². The van der Waals surface area contributed by atoms with Gasteiger partial charge in [0.15, 0.2) is 0 Å². The SMILES string of the molecule is CC(C(=O)N1CCCCCC1)c1cccc(C(=O)O)c1. The van der Waals surface area contributed by atoms with E-state index in [1.165, 1.54) is 12.8 Å². The molecule has 1 heterocycles. The summed E-state index contributed by atoms with van der Waals surface area (Å²) in [6, 6.07) is 6.68. The van der Waals surface area contributed by atoms with Crippen LogP contribution in [-0.2, 0) is 4.79 Å². The zero-order valence-corrected chi connectivity index (χ0v) is 11.8. The van der Waals surface area contributed by atoms with Crippen molar-refractivity contribution in [3.05, 3.63) is 35.4 Å². The largest absolute Gasteiger partial charge is 0.478 e. The third kappa shape index (κ3) is 3.38. The van der Waals surface area contributed by atoms with Gasteiger partial charge in [-0.25, -0.2) is 4.79 Å².